The zero-order valence-corrected chi connectivity index (χ0v) is 28.4. The van der Waals surface area contributed by atoms with E-state index in [1.807, 2.05) is 0 Å². The van der Waals surface area contributed by atoms with Crippen LogP contribution in [0.1, 0.15) is 71.6 Å². The molecule has 266 valence electrons. The van der Waals surface area contributed by atoms with E-state index in [9.17, 15) is 28.8 Å². The van der Waals surface area contributed by atoms with Crippen molar-refractivity contribution < 1.29 is 49.3 Å². The van der Waals surface area contributed by atoms with Gasteiger partial charge in [-0.05, 0) is 104 Å². The van der Waals surface area contributed by atoms with Crippen molar-refractivity contribution in [2.45, 2.75) is 5.41 Å². The van der Waals surface area contributed by atoms with Crippen LogP contribution in [0.2, 0.25) is 0 Å². The smallest absolute Gasteiger partial charge is 0.0746 e. The molecule has 0 saturated heterocycles. The summed E-state index contributed by atoms with van der Waals surface area (Å²) < 4.78 is 336. The van der Waals surface area contributed by atoms with E-state index in [4.69, 9.17) is 20.6 Å². The third kappa shape index (κ3) is 4.47. The van der Waals surface area contributed by atoms with Crippen LogP contribution in [0.15, 0.2) is 218 Å². The molecule has 1 aromatic heterocycles. The van der Waals surface area contributed by atoms with Crippen molar-refractivity contribution in [3.05, 3.63) is 240 Å². The third-order valence-electron chi connectivity index (χ3n) is 9.81. The fourth-order valence-corrected chi connectivity index (χ4v) is 7.66. The molecule has 0 atom stereocenters. The van der Waals surface area contributed by atoms with Crippen molar-refractivity contribution in [3.8, 4) is 39.1 Å². The second-order valence-electron chi connectivity index (χ2n) is 12.5. The van der Waals surface area contributed by atoms with Crippen LogP contribution in [-0.2, 0) is 5.41 Å². The Hall–Kier alpha value is -7.42. The second kappa shape index (κ2) is 12.3. The number of hydrogen-bond acceptors (Lipinski definition) is 1. The Morgan fingerprint density at radius 3 is 1.58 bits per heavy atom. The van der Waals surface area contributed by atoms with Crippen molar-refractivity contribution >= 4 is 38.9 Å². The molecule has 0 aliphatic heterocycles. The van der Waals surface area contributed by atoms with Crippen LogP contribution in [0.5, 0.6) is 0 Å². The molecule has 10 aromatic rings. The highest BCUT2D eigenvalue weighted by Crippen LogP contribution is 2.65. The number of rotatable bonds is 5. The molecular weight excluding hydrogens is 689 g/mol. The molecule has 2 aliphatic carbocycles. The highest BCUT2D eigenvalue weighted by molar-refractivity contribution is 6.11. The molecular formula is C55H36N2. The predicted molar refractivity (Wildman–Crippen MR) is 237 cm³/mol. The van der Waals surface area contributed by atoms with Crippen LogP contribution in [0, 0.1) is 0 Å². The molecule has 0 unspecified atom stereocenters. The van der Waals surface area contributed by atoms with Crippen LogP contribution in [0.3, 0.4) is 0 Å². The zero-order chi connectivity index (χ0) is 68.8. The van der Waals surface area contributed by atoms with E-state index in [1.54, 1.807) is 0 Å². The van der Waals surface area contributed by atoms with E-state index in [0.29, 0.717) is 9.47 Å². The summed E-state index contributed by atoms with van der Waals surface area (Å²) >= 11 is 0. The van der Waals surface area contributed by atoms with Gasteiger partial charge in [-0.2, -0.15) is 0 Å². The topological polar surface area (TPSA) is 8.17 Å². The lowest BCUT2D eigenvalue weighted by Crippen LogP contribution is -2.28. The van der Waals surface area contributed by atoms with Gasteiger partial charge in [0.05, 0.1) is 71.5 Å². The molecule has 1 heterocycles. The van der Waals surface area contributed by atoms with Crippen LogP contribution >= 0.6 is 0 Å². The van der Waals surface area contributed by atoms with Gasteiger partial charge in [-0.15, -0.1) is 0 Å². The number of aromatic nitrogens is 1. The lowest BCUT2D eigenvalue weighted by Gasteiger charge is -2.36. The number of anilines is 3. The van der Waals surface area contributed by atoms with E-state index < -0.39 is 323 Å². The summed E-state index contributed by atoms with van der Waals surface area (Å²) in [6, 6.07) is -41.0. The molecule has 2 aliphatic rings. The molecule has 2 heteroatoms. The van der Waals surface area contributed by atoms with Crippen LogP contribution in [-0.4, -0.2) is 4.57 Å². The first-order valence-corrected chi connectivity index (χ1v) is 16.8. The van der Waals surface area contributed by atoms with Crippen molar-refractivity contribution in [2.75, 3.05) is 4.90 Å². The van der Waals surface area contributed by atoms with Crippen LogP contribution in [0.25, 0.3) is 60.9 Å². The fraction of sp³-hybridized carbons (Fsp3) is 0.0182. The Balaban J connectivity index is 1.43. The number of benzene rings is 9. The highest BCUT2D eigenvalue weighted by atomic mass is 15.1. The van der Waals surface area contributed by atoms with Gasteiger partial charge in [0.25, 0.3) is 0 Å². The summed E-state index contributed by atoms with van der Waals surface area (Å²) in [5, 5.41) is -1.71. The summed E-state index contributed by atoms with van der Waals surface area (Å²) in [4.78, 5) is 0.311. The Morgan fingerprint density at radius 1 is 0.386 bits per heavy atom. The van der Waals surface area contributed by atoms with Crippen LogP contribution < -0.4 is 4.90 Å². The Kier molecular flexibility index (Phi) is 2.71. The fourth-order valence-electron chi connectivity index (χ4n) is 7.66. The first-order valence-electron chi connectivity index (χ1n) is 34.8. The Bertz CT molecular complexity index is 5110. The summed E-state index contributed by atoms with van der Waals surface area (Å²) in [5.41, 5.74) is -18.6. The lowest BCUT2D eigenvalue weighted by molar-refractivity contribution is 0.793. The molecule has 0 radical (unpaired) electrons. The van der Waals surface area contributed by atoms with E-state index in [0.717, 1.165) is 0 Å². The monoisotopic (exact) mass is 761 g/mol. The maximum atomic E-state index is 10.5. The minimum Gasteiger partial charge on any atom is -0.310 e. The van der Waals surface area contributed by atoms with Gasteiger partial charge in [0.1, 0.15) is 0 Å². The molecule has 2 nitrogen and oxygen atoms in total. The van der Waals surface area contributed by atoms with Gasteiger partial charge in [-0.1, -0.05) is 163 Å². The molecule has 9 aromatic carbocycles. The van der Waals surface area contributed by atoms with Crippen molar-refractivity contribution in [1.29, 1.82) is 0 Å². The number of para-hydroxylation sites is 2. The predicted octanol–water partition coefficient (Wildman–Crippen LogP) is 14.3. The maximum Gasteiger partial charge on any atom is 0.0746 e. The molecule has 0 amide bonds. The van der Waals surface area contributed by atoms with Crippen LogP contribution in [0.4, 0.5) is 17.1 Å². The van der Waals surface area contributed by atoms with Gasteiger partial charge in [0.2, 0.25) is 0 Å². The van der Waals surface area contributed by atoms with Crippen molar-refractivity contribution in [3.63, 3.8) is 0 Å². The largest absolute Gasteiger partial charge is 0.310 e. The number of hydrogen-bond donors (Lipinski definition) is 0. The average Bonchev–Trinajstić information content (AvgIpc) is 1.48. The first-order chi connectivity index (χ1) is 43.3. The minimum atomic E-state index is -3.25. The number of nitrogens with zero attached hydrogens (tertiary/aromatic N) is 2. The maximum absolute atomic E-state index is 10.5. The summed E-state index contributed by atoms with van der Waals surface area (Å²) in [5.74, 6) is 0. The van der Waals surface area contributed by atoms with Crippen molar-refractivity contribution in [1.82, 2.24) is 4.57 Å². The van der Waals surface area contributed by atoms with E-state index in [-0.39, 0.29) is 0 Å². The van der Waals surface area contributed by atoms with Gasteiger partial charge < -0.3 is 9.47 Å². The zero-order valence-electron chi connectivity index (χ0n) is 64.4. The standard InChI is InChI=1S/C55H36N2/c1-3-16-37(17-4-1)38-30-32-40(33-31-38)56(41-34-35-52-47(36-41)45-23-10-14-28-51(45)57(52)39-18-5-2-6-19-39)53-29-15-24-46-44-22-9-13-27-50(44)55(54(46)53)48-25-11-7-20-42(48)43-21-8-12-26-49(43)55/h1-36H/i1D,2D,3D,4D,5D,6D,7D,8D,9D,10D,11D,12D,13D,14D,15D,16D,17D,18D,19D,20D,21D,22D,23D,24D,25D,26D,27D,28D,29D,30D,31D,32D,33D,34D,35D,36D. The van der Waals surface area contributed by atoms with E-state index in [1.165, 1.54) is 0 Å². The highest BCUT2D eigenvalue weighted by Gasteiger charge is 2.53. The quantitative estimate of drug-likeness (QED) is 0.170. The SMILES string of the molecule is [2H]c1c([2H])c([2H])c(-c2c([2H])c([2H])c(N(c3c([2H])c([2H])c([2H])c4c3C3(c5c([2H])c([2H])c([2H])c([2H])c5-c5c([2H])c([2H])c([2H])c([2H])c53)c3c([2H])c([2H])c([2H])c([2H])c3-4)c3c([2H])c([2H])c4c(c3[2H])c3c([2H])c([2H])c([2H])c([2H])c3n4-c3c([2H])c([2H])c([2H])c([2H])c3[2H])c([2H])c2[2H])c([2H])c1[2H]. The molecule has 0 saturated carbocycles. The van der Waals surface area contributed by atoms with Crippen molar-refractivity contribution in [2.24, 2.45) is 0 Å². The number of fused-ring (bicyclic) bond motifs is 13. The molecule has 0 fully saturated rings. The summed E-state index contributed by atoms with van der Waals surface area (Å²) in [6.45, 7) is 0. The molecule has 12 rings (SSSR count). The minimum absolute atomic E-state index is 0.311. The molecule has 57 heavy (non-hydrogen) atoms. The molecule has 0 N–H and O–H groups in total. The van der Waals surface area contributed by atoms with Gasteiger partial charge in [-0.25, -0.2) is 0 Å². The summed E-state index contributed by atoms with van der Waals surface area (Å²) in [6.07, 6.45) is 0. The van der Waals surface area contributed by atoms with Gasteiger partial charge >= 0.3 is 0 Å². The molecule has 0 bridgehead atoms. The first kappa shape index (κ1) is 12.5. The van der Waals surface area contributed by atoms with Gasteiger partial charge in [0.15, 0.2) is 0 Å². The Labute approximate surface area is 382 Å². The second-order valence-corrected chi connectivity index (χ2v) is 12.5. The third-order valence-corrected chi connectivity index (χ3v) is 9.81. The average molecular weight is 761 g/mol. The molecule has 1 spiro atoms. The lowest BCUT2D eigenvalue weighted by atomic mass is 9.70. The van der Waals surface area contributed by atoms with Gasteiger partial charge in [0, 0.05) is 33.4 Å². The normalized spacial score (nSPS) is 21.9. The Morgan fingerprint density at radius 2 is 0.895 bits per heavy atom. The van der Waals surface area contributed by atoms with E-state index in [2.05, 4.69) is 0 Å². The van der Waals surface area contributed by atoms with E-state index >= 15 is 0 Å². The summed E-state index contributed by atoms with van der Waals surface area (Å²) in [7, 11) is 0. The van der Waals surface area contributed by atoms with Gasteiger partial charge in [-0.3, -0.25) is 0 Å².